The van der Waals surface area contributed by atoms with Crippen molar-refractivity contribution in [3.8, 4) is 90.3 Å². The van der Waals surface area contributed by atoms with Crippen molar-refractivity contribution in [1.29, 1.82) is 0 Å². The van der Waals surface area contributed by atoms with Crippen molar-refractivity contribution in [2.45, 2.75) is 0 Å². The maximum absolute atomic E-state index is 5.31. The lowest BCUT2D eigenvalue weighted by molar-refractivity contribution is 1.10. The minimum atomic E-state index is 0.891. The Morgan fingerprint density at radius 1 is 0.200 bits per heavy atom. The third-order valence-electron chi connectivity index (χ3n) is 18.1. The van der Waals surface area contributed by atoms with Crippen LogP contribution in [-0.4, -0.2) is 28.2 Å². The van der Waals surface area contributed by atoms with Crippen LogP contribution < -0.4 is 0 Å². The Labute approximate surface area is 519 Å². The van der Waals surface area contributed by atoms with Crippen molar-refractivity contribution in [3.05, 3.63) is 328 Å². The zero-order valence-corrected chi connectivity index (χ0v) is 48.9. The second-order valence-electron chi connectivity index (χ2n) is 23.2. The smallest absolute Gasteiger partial charge is 0.145 e. The lowest BCUT2D eigenvalue weighted by atomic mass is 9.86. The van der Waals surface area contributed by atoms with Gasteiger partial charge in [0.25, 0.3) is 0 Å². The molecule has 0 spiro atoms. The SMILES string of the molecule is c1ccc(-c2c(-c3ccccc3)n(-c3ccc(-c4nc5ccccc5n4-c4ccccc4)cc3)c3c4ccccc4c4c5c(-c6ccccc6)c(-c6ccccc6)n(-c6ccc(-c7nc8ccccc8n7-c7ccccc7)cc6)c5c5ccccc5c4c23)cc1. The van der Waals surface area contributed by atoms with Gasteiger partial charge in [0.1, 0.15) is 11.6 Å². The monoisotopic (exact) mass is 1150 g/mol. The summed E-state index contributed by atoms with van der Waals surface area (Å²) in [5, 5.41) is 9.46. The molecule has 18 rings (SSSR count). The van der Waals surface area contributed by atoms with E-state index in [-0.39, 0.29) is 0 Å². The van der Waals surface area contributed by atoms with Crippen molar-refractivity contribution in [2.24, 2.45) is 0 Å². The summed E-state index contributed by atoms with van der Waals surface area (Å²) in [6.07, 6.45) is 0. The van der Waals surface area contributed by atoms with Crippen LogP contribution in [0.3, 0.4) is 0 Å². The van der Waals surface area contributed by atoms with Crippen LogP contribution in [0, 0.1) is 0 Å². The number of hydrogen-bond acceptors (Lipinski definition) is 2. The molecule has 0 aliphatic carbocycles. The van der Waals surface area contributed by atoms with Gasteiger partial charge >= 0.3 is 0 Å². The summed E-state index contributed by atoms with van der Waals surface area (Å²) < 4.78 is 9.68. The Bertz CT molecular complexity index is 5410. The van der Waals surface area contributed by atoms with Crippen molar-refractivity contribution < 1.29 is 0 Å². The first-order valence-electron chi connectivity index (χ1n) is 30.7. The topological polar surface area (TPSA) is 45.5 Å². The van der Waals surface area contributed by atoms with Gasteiger partial charge in [0.05, 0.1) is 44.5 Å². The summed E-state index contributed by atoms with van der Waals surface area (Å²) in [4.78, 5) is 10.6. The molecule has 420 valence electrons. The molecule has 0 N–H and O–H groups in total. The first-order chi connectivity index (χ1) is 44.7. The van der Waals surface area contributed by atoms with E-state index in [1.807, 2.05) is 0 Å². The first-order valence-corrected chi connectivity index (χ1v) is 30.7. The lowest BCUT2D eigenvalue weighted by Gasteiger charge is -2.18. The van der Waals surface area contributed by atoms with E-state index >= 15 is 0 Å². The van der Waals surface area contributed by atoms with E-state index in [0.717, 1.165) is 123 Å². The highest BCUT2D eigenvalue weighted by Gasteiger charge is 2.32. The van der Waals surface area contributed by atoms with Crippen LogP contribution >= 0.6 is 0 Å². The third kappa shape index (κ3) is 7.91. The lowest BCUT2D eigenvalue weighted by Crippen LogP contribution is -2.00. The van der Waals surface area contributed by atoms with Crippen LogP contribution in [-0.2, 0) is 0 Å². The largest absolute Gasteiger partial charge is 0.308 e. The summed E-state index contributed by atoms with van der Waals surface area (Å²) in [5.74, 6) is 1.78. The molecule has 4 heterocycles. The molecule has 0 saturated carbocycles. The molecular weight excluding hydrogens is 1090 g/mol. The molecule has 6 nitrogen and oxygen atoms in total. The van der Waals surface area contributed by atoms with Gasteiger partial charge in [-0.2, -0.15) is 0 Å². The average Bonchev–Trinajstić information content (AvgIpc) is 1.48. The fraction of sp³-hybridized carbons (Fsp3) is 0. The standard InChI is InChI=1S/C84H54N6/c1-7-27-55(28-8-1)73-77-75-65-39-19-22-42-68(65)82-78(74(56-29-9-2-10-30-56)80(58-33-13-4-14-34-58)90(82)64-53-49-60(50-54-64)84-86-70-44-24-26-46-72(70)88(84)62-37-17-6-18-38-62)76(75)66-40-20-21-41-67(66)81(77)89(79(73)57-31-11-3-12-32-57)63-51-47-59(48-52-63)83-85-69-43-23-25-45-71(69)87(83)61-35-15-5-16-36-61/h1-54H. The van der Waals surface area contributed by atoms with Gasteiger partial charge < -0.3 is 9.13 Å². The van der Waals surface area contributed by atoms with E-state index in [0.29, 0.717) is 0 Å². The molecule has 14 aromatic carbocycles. The highest BCUT2D eigenvalue weighted by atomic mass is 15.1. The molecule has 0 aliphatic heterocycles. The van der Waals surface area contributed by atoms with Crippen LogP contribution in [0.15, 0.2) is 328 Å². The first kappa shape index (κ1) is 51.1. The number of imidazole rings is 2. The van der Waals surface area contributed by atoms with Gasteiger partial charge in [-0.3, -0.25) is 9.13 Å². The quantitative estimate of drug-likeness (QED) is 0.128. The third-order valence-corrected chi connectivity index (χ3v) is 18.1. The molecule has 0 amide bonds. The second-order valence-corrected chi connectivity index (χ2v) is 23.2. The maximum atomic E-state index is 5.31. The van der Waals surface area contributed by atoms with Crippen LogP contribution in [0.4, 0.5) is 0 Å². The summed E-state index contributed by atoms with van der Waals surface area (Å²) in [6, 6.07) is 119. The minimum Gasteiger partial charge on any atom is -0.308 e. The van der Waals surface area contributed by atoms with Gasteiger partial charge in [0, 0.05) is 77.3 Å². The predicted molar refractivity (Wildman–Crippen MR) is 374 cm³/mol. The van der Waals surface area contributed by atoms with E-state index < -0.39 is 0 Å². The highest BCUT2D eigenvalue weighted by molar-refractivity contribution is 6.43. The van der Waals surface area contributed by atoms with Crippen LogP contribution in [0.5, 0.6) is 0 Å². The molecule has 4 aromatic heterocycles. The fourth-order valence-electron chi connectivity index (χ4n) is 14.4. The van der Waals surface area contributed by atoms with E-state index in [2.05, 4.69) is 346 Å². The molecule has 0 atom stereocenters. The molecule has 0 fully saturated rings. The van der Waals surface area contributed by atoms with Gasteiger partial charge in [-0.25, -0.2) is 9.97 Å². The Morgan fingerprint density at radius 2 is 0.489 bits per heavy atom. The Balaban J connectivity index is 0.983. The van der Waals surface area contributed by atoms with Gasteiger partial charge in [0.15, 0.2) is 0 Å². The van der Waals surface area contributed by atoms with Crippen molar-refractivity contribution in [1.82, 2.24) is 28.2 Å². The Morgan fingerprint density at radius 3 is 0.856 bits per heavy atom. The molecule has 0 saturated heterocycles. The highest BCUT2D eigenvalue weighted by Crippen LogP contribution is 2.56. The van der Waals surface area contributed by atoms with Gasteiger partial charge in [-0.05, 0) is 130 Å². The molecular formula is C84H54N6. The second kappa shape index (κ2) is 20.8. The van der Waals surface area contributed by atoms with Crippen molar-refractivity contribution >= 4 is 76.2 Å². The molecule has 0 aliphatic rings. The average molecular weight is 1150 g/mol. The van der Waals surface area contributed by atoms with E-state index in [4.69, 9.17) is 9.97 Å². The van der Waals surface area contributed by atoms with Gasteiger partial charge in [-0.1, -0.05) is 231 Å². The van der Waals surface area contributed by atoms with Gasteiger partial charge in [-0.15, -0.1) is 0 Å². The number of para-hydroxylation sites is 6. The number of rotatable bonds is 10. The van der Waals surface area contributed by atoms with Crippen LogP contribution in [0.2, 0.25) is 0 Å². The molecule has 0 unspecified atom stereocenters. The zero-order chi connectivity index (χ0) is 59.2. The number of benzene rings is 14. The molecule has 18 aromatic rings. The Hall–Kier alpha value is -12.1. The fourth-order valence-corrected chi connectivity index (χ4v) is 14.4. The van der Waals surface area contributed by atoms with Crippen LogP contribution in [0.1, 0.15) is 0 Å². The summed E-state index contributed by atoms with van der Waals surface area (Å²) in [7, 11) is 0. The maximum Gasteiger partial charge on any atom is 0.145 e. The predicted octanol–water partition coefficient (Wildman–Crippen LogP) is 21.7. The molecule has 90 heavy (non-hydrogen) atoms. The molecule has 0 radical (unpaired) electrons. The number of fused-ring (bicyclic) bond motifs is 13. The van der Waals surface area contributed by atoms with Gasteiger partial charge in [0.2, 0.25) is 0 Å². The molecule has 6 heteroatoms. The van der Waals surface area contributed by atoms with E-state index in [9.17, 15) is 0 Å². The number of aromatic nitrogens is 6. The number of hydrogen-bond donors (Lipinski definition) is 0. The number of nitrogens with zero attached hydrogens (tertiary/aromatic N) is 6. The normalized spacial score (nSPS) is 11.8. The van der Waals surface area contributed by atoms with Crippen molar-refractivity contribution in [2.75, 3.05) is 0 Å². The summed E-state index contributed by atoms with van der Waals surface area (Å²) >= 11 is 0. The zero-order valence-electron chi connectivity index (χ0n) is 48.9. The van der Waals surface area contributed by atoms with Crippen LogP contribution in [0.25, 0.3) is 166 Å². The molecule has 0 bridgehead atoms. The van der Waals surface area contributed by atoms with E-state index in [1.165, 1.54) is 43.4 Å². The Kier molecular flexibility index (Phi) is 11.8. The minimum absolute atomic E-state index is 0.891. The van der Waals surface area contributed by atoms with Crippen molar-refractivity contribution in [3.63, 3.8) is 0 Å². The summed E-state index contributed by atoms with van der Waals surface area (Å²) in [5.41, 5.74) is 21.7. The van der Waals surface area contributed by atoms with E-state index in [1.54, 1.807) is 0 Å². The summed E-state index contributed by atoms with van der Waals surface area (Å²) in [6.45, 7) is 0.